The molecule has 4 nitrogen and oxygen atoms in total. The van der Waals surface area contributed by atoms with Crippen LogP contribution in [0.1, 0.15) is 11.3 Å². The van der Waals surface area contributed by atoms with Crippen molar-refractivity contribution < 1.29 is 14.3 Å². The molecule has 1 unspecified atom stereocenters. The number of ether oxygens (including phenoxy) is 1. The van der Waals surface area contributed by atoms with E-state index in [0.29, 0.717) is 24.7 Å². The average molecular weight is 451 g/mol. The molecule has 1 heterocycles. The first-order valence-electron chi connectivity index (χ1n) is 8.64. The molecular formula is C21H21BrClNO3. The molecule has 3 rings (SSSR count). The molecule has 3 aromatic rings. The maximum Gasteiger partial charge on any atom is 0.119 e. The quantitative estimate of drug-likeness (QED) is 0.490. The maximum atomic E-state index is 10.5. The number of aliphatic hydroxyl groups excluding tert-OH is 1. The standard InChI is InChI=1S/C21H21BrClNO3/c22-17-5-9-20(10-6-17)27-15-19(25)13-24(14-21-2-1-11-26-21)12-16-3-7-18(23)8-4-16/h1-11,19,25H,12-15H2. The van der Waals surface area contributed by atoms with Gasteiger partial charge in [0, 0.05) is 22.6 Å². The smallest absolute Gasteiger partial charge is 0.119 e. The Hall–Kier alpha value is -1.79. The Balaban J connectivity index is 1.59. The summed E-state index contributed by atoms with van der Waals surface area (Å²) in [6, 6.07) is 19.1. The van der Waals surface area contributed by atoms with E-state index in [-0.39, 0.29) is 6.61 Å². The van der Waals surface area contributed by atoms with Gasteiger partial charge in [0.1, 0.15) is 24.2 Å². The fourth-order valence-electron chi connectivity index (χ4n) is 2.73. The van der Waals surface area contributed by atoms with Gasteiger partial charge in [0.25, 0.3) is 0 Å². The number of aliphatic hydroxyl groups is 1. The lowest BCUT2D eigenvalue weighted by Gasteiger charge is -2.24. The number of hydrogen-bond donors (Lipinski definition) is 1. The molecule has 142 valence electrons. The summed E-state index contributed by atoms with van der Waals surface area (Å²) in [5, 5.41) is 11.2. The normalized spacial score (nSPS) is 12.3. The Labute approximate surface area is 172 Å². The zero-order valence-electron chi connectivity index (χ0n) is 14.7. The van der Waals surface area contributed by atoms with E-state index < -0.39 is 6.10 Å². The van der Waals surface area contributed by atoms with Crippen molar-refractivity contribution in [2.24, 2.45) is 0 Å². The SMILES string of the molecule is OC(COc1ccc(Br)cc1)CN(Cc1ccc(Cl)cc1)Cc1ccco1. The maximum absolute atomic E-state index is 10.5. The van der Waals surface area contributed by atoms with Crippen LogP contribution in [0.2, 0.25) is 5.02 Å². The van der Waals surface area contributed by atoms with Gasteiger partial charge < -0.3 is 14.3 Å². The number of benzene rings is 2. The summed E-state index contributed by atoms with van der Waals surface area (Å²) in [4.78, 5) is 2.12. The third-order valence-corrected chi connectivity index (χ3v) is 4.78. The van der Waals surface area contributed by atoms with Gasteiger partial charge in [0.15, 0.2) is 0 Å². The van der Waals surface area contributed by atoms with Gasteiger partial charge in [-0.15, -0.1) is 0 Å². The van der Waals surface area contributed by atoms with Crippen LogP contribution in [0, 0.1) is 0 Å². The van der Waals surface area contributed by atoms with Crippen LogP contribution in [0.5, 0.6) is 5.75 Å². The lowest BCUT2D eigenvalue weighted by molar-refractivity contribution is 0.0604. The largest absolute Gasteiger partial charge is 0.491 e. The van der Waals surface area contributed by atoms with Crippen molar-refractivity contribution in [1.82, 2.24) is 4.90 Å². The van der Waals surface area contributed by atoms with Crippen molar-refractivity contribution in [2.45, 2.75) is 19.2 Å². The minimum atomic E-state index is -0.629. The molecule has 0 aliphatic rings. The lowest BCUT2D eigenvalue weighted by atomic mass is 10.2. The van der Waals surface area contributed by atoms with Crippen molar-refractivity contribution in [3.05, 3.63) is 87.7 Å². The molecule has 2 aromatic carbocycles. The summed E-state index contributed by atoms with van der Waals surface area (Å²) >= 11 is 9.36. The molecule has 0 aliphatic heterocycles. The summed E-state index contributed by atoms with van der Waals surface area (Å²) < 4.78 is 12.1. The monoisotopic (exact) mass is 449 g/mol. The Morgan fingerprint density at radius 2 is 1.78 bits per heavy atom. The van der Waals surface area contributed by atoms with E-state index in [4.69, 9.17) is 20.8 Å². The van der Waals surface area contributed by atoms with Crippen molar-refractivity contribution in [1.29, 1.82) is 0 Å². The number of furan rings is 1. The third kappa shape index (κ3) is 6.70. The van der Waals surface area contributed by atoms with Crippen LogP contribution < -0.4 is 4.74 Å². The average Bonchev–Trinajstić information content (AvgIpc) is 3.16. The molecule has 0 fully saturated rings. The van der Waals surface area contributed by atoms with Crippen LogP contribution in [-0.2, 0) is 13.1 Å². The molecule has 0 aliphatic carbocycles. The highest BCUT2D eigenvalue weighted by Crippen LogP contribution is 2.17. The second-order valence-corrected chi connectivity index (χ2v) is 7.65. The Kier molecular flexibility index (Phi) is 7.35. The molecule has 0 radical (unpaired) electrons. The van der Waals surface area contributed by atoms with Gasteiger partial charge in [-0.3, -0.25) is 4.90 Å². The second-order valence-electron chi connectivity index (χ2n) is 6.29. The Morgan fingerprint density at radius 3 is 2.44 bits per heavy atom. The Bertz CT molecular complexity index is 806. The first-order valence-corrected chi connectivity index (χ1v) is 9.81. The molecule has 0 amide bonds. The van der Waals surface area contributed by atoms with E-state index in [0.717, 1.165) is 21.5 Å². The minimum absolute atomic E-state index is 0.219. The van der Waals surface area contributed by atoms with E-state index in [1.807, 2.05) is 60.7 Å². The van der Waals surface area contributed by atoms with Crippen LogP contribution in [0.25, 0.3) is 0 Å². The zero-order valence-corrected chi connectivity index (χ0v) is 17.1. The zero-order chi connectivity index (χ0) is 19.1. The number of rotatable bonds is 9. The van der Waals surface area contributed by atoms with Crippen LogP contribution >= 0.6 is 27.5 Å². The lowest BCUT2D eigenvalue weighted by Crippen LogP contribution is -2.35. The predicted molar refractivity (Wildman–Crippen MR) is 110 cm³/mol. The topological polar surface area (TPSA) is 45.8 Å². The van der Waals surface area contributed by atoms with Gasteiger partial charge in [-0.2, -0.15) is 0 Å². The van der Waals surface area contributed by atoms with Crippen molar-refractivity contribution in [3.8, 4) is 5.75 Å². The number of halogens is 2. The summed E-state index contributed by atoms with van der Waals surface area (Å²) in [5.41, 5.74) is 1.12. The number of nitrogens with zero attached hydrogens (tertiary/aromatic N) is 1. The summed E-state index contributed by atoms with van der Waals surface area (Å²) in [7, 11) is 0. The molecule has 1 aromatic heterocycles. The van der Waals surface area contributed by atoms with Gasteiger partial charge in [0.05, 0.1) is 12.8 Å². The molecule has 27 heavy (non-hydrogen) atoms. The van der Waals surface area contributed by atoms with E-state index in [9.17, 15) is 5.11 Å². The molecule has 1 atom stereocenters. The molecule has 0 spiro atoms. The number of hydrogen-bond acceptors (Lipinski definition) is 4. The van der Waals surface area contributed by atoms with Gasteiger partial charge in [-0.25, -0.2) is 0 Å². The highest BCUT2D eigenvalue weighted by molar-refractivity contribution is 9.10. The van der Waals surface area contributed by atoms with Crippen molar-refractivity contribution in [2.75, 3.05) is 13.2 Å². The third-order valence-electron chi connectivity index (χ3n) is 4.00. The van der Waals surface area contributed by atoms with Crippen LogP contribution in [0.15, 0.2) is 75.8 Å². The van der Waals surface area contributed by atoms with Gasteiger partial charge in [-0.1, -0.05) is 39.7 Å². The van der Waals surface area contributed by atoms with Crippen LogP contribution in [0.4, 0.5) is 0 Å². The van der Waals surface area contributed by atoms with E-state index >= 15 is 0 Å². The first-order chi connectivity index (χ1) is 13.1. The predicted octanol–water partition coefficient (Wildman–Crippen LogP) is 5.14. The van der Waals surface area contributed by atoms with Gasteiger partial charge in [-0.05, 0) is 54.1 Å². The Morgan fingerprint density at radius 1 is 1.04 bits per heavy atom. The summed E-state index contributed by atoms with van der Waals surface area (Å²) in [6.07, 6.45) is 1.03. The molecule has 0 saturated carbocycles. The minimum Gasteiger partial charge on any atom is -0.491 e. The first kappa shape index (κ1) is 20.0. The van der Waals surface area contributed by atoms with Gasteiger partial charge in [0.2, 0.25) is 0 Å². The summed E-state index contributed by atoms with van der Waals surface area (Å²) in [6.45, 7) is 1.95. The second kappa shape index (κ2) is 9.95. The molecular weight excluding hydrogens is 430 g/mol. The fourth-order valence-corrected chi connectivity index (χ4v) is 3.12. The highest BCUT2D eigenvalue weighted by Gasteiger charge is 2.15. The van der Waals surface area contributed by atoms with Crippen LogP contribution in [0.3, 0.4) is 0 Å². The van der Waals surface area contributed by atoms with Crippen molar-refractivity contribution >= 4 is 27.5 Å². The fraction of sp³-hybridized carbons (Fsp3) is 0.238. The van der Waals surface area contributed by atoms with E-state index in [2.05, 4.69) is 20.8 Å². The van der Waals surface area contributed by atoms with Crippen molar-refractivity contribution in [3.63, 3.8) is 0 Å². The van der Waals surface area contributed by atoms with E-state index in [1.54, 1.807) is 6.26 Å². The molecule has 6 heteroatoms. The summed E-state index contributed by atoms with van der Waals surface area (Å²) in [5.74, 6) is 1.58. The van der Waals surface area contributed by atoms with Gasteiger partial charge >= 0.3 is 0 Å². The highest BCUT2D eigenvalue weighted by atomic mass is 79.9. The molecule has 0 bridgehead atoms. The van der Waals surface area contributed by atoms with Crippen LogP contribution in [-0.4, -0.2) is 29.3 Å². The van der Waals surface area contributed by atoms with E-state index in [1.165, 1.54) is 0 Å². The molecule has 1 N–H and O–H groups in total. The molecule has 0 saturated heterocycles.